The van der Waals surface area contributed by atoms with Crippen molar-refractivity contribution in [2.45, 2.75) is 64.6 Å². The summed E-state index contributed by atoms with van der Waals surface area (Å²) in [6.07, 6.45) is 3.12. The van der Waals surface area contributed by atoms with E-state index in [4.69, 9.17) is 9.47 Å². The van der Waals surface area contributed by atoms with Crippen molar-refractivity contribution < 1.29 is 19.1 Å². The van der Waals surface area contributed by atoms with Gasteiger partial charge in [0.1, 0.15) is 5.60 Å². The second kappa shape index (κ2) is 7.07. The van der Waals surface area contributed by atoms with Crippen molar-refractivity contribution >= 4 is 12.0 Å². The Morgan fingerprint density at radius 3 is 2.48 bits per heavy atom. The predicted molar refractivity (Wildman–Crippen MR) is 87.1 cm³/mol. The van der Waals surface area contributed by atoms with Crippen molar-refractivity contribution in [3.8, 4) is 0 Å². The van der Waals surface area contributed by atoms with Crippen LogP contribution in [0.4, 0.5) is 4.79 Å². The average Bonchev–Trinajstić information content (AvgIpc) is 2.90. The normalized spacial score (nSPS) is 26.2. The molecule has 0 aromatic heterocycles. The van der Waals surface area contributed by atoms with Crippen molar-refractivity contribution in [3.63, 3.8) is 0 Å². The van der Waals surface area contributed by atoms with E-state index >= 15 is 0 Å². The molecular weight excluding hydrogens is 296 g/mol. The van der Waals surface area contributed by atoms with Crippen LogP contribution in [0.1, 0.15) is 53.4 Å². The largest absolute Gasteiger partial charge is 0.444 e. The minimum absolute atomic E-state index is 0.0290. The molecule has 2 fully saturated rings. The van der Waals surface area contributed by atoms with Crippen molar-refractivity contribution in [2.24, 2.45) is 5.92 Å². The quantitative estimate of drug-likeness (QED) is 0.864. The van der Waals surface area contributed by atoms with Crippen molar-refractivity contribution in [2.75, 3.05) is 26.2 Å². The fraction of sp³-hybridized carbons (Fsp3) is 0.882. The second-order valence-corrected chi connectivity index (χ2v) is 7.86. The minimum atomic E-state index is -0.484. The van der Waals surface area contributed by atoms with E-state index in [2.05, 4.69) is 5.32 Å². The lowest BCUT2D eigenvalue weighted by atomic mass is 9.95. The van der Waals surface area contributed by atoms with E-state index in [0.29, 0.717) is 32.5 Å². The van der Waals surface area contributed by atoms with Crippen LogP contribution in [0.2, 0.25) is 0 Å². The van der Waals surface area contributed by atoms with Crippen LogP contribution >= 0.6 is 0 Å². The van der Waals surface area contributed by atoms with Crippen LogP contribution in [0.15, 0.2) is 0 Å². The summed E-state index contributed by atoms with van der Waals surface area (Å²) in [5.41, 5.74) is -0.699. The molecule has 0 unspecified atom stereocenters. The topological polar surface area (TPSA) is 67.9 Å². The van der Waals surface area contributed by atoms with Crippen LogP contribution in [-0.2, 0) is 14.3 Å². The smallest absolute Gasteiger partial charge is 0.410 e. The van der Waals surface area contributed by atoms with Gasteiger partial charge in [-0.3, -0.25) is 4.79 Å². The first-order valence-electron chi connectivity index (χ1n) is 8.58. The van der Waals surface area contributed by atoms with Gasteiger partial charge < -0.3 is 19.7 Å². The van der Waals surface area contributed by atoms with E-state index in [-0.39, 0.29) is 23.5 Å². The summed E-state index contributed by atoms with van der Waals surface area (Å²) in [5, 5.41) is 3.02. The summed E-state index contributed by atoms with van der Waals surface area (Å²) in [6, 6.07) is 0. The van der Waals surface area contributed by atoms with Gasteiger partial charge in [0, 0.05) is 32.2 Å². The van der Waals surface area contributed by atoms with Crippen LogP contribution < -0.4 is 5.32 Å². The zero-order valence-corrected chi connectivity index (χ0v) is 14.8. The lowest BCUT2D eigenvalue weighted by Crippen LogP contribution is -2.47. The molecule has 2 heterocycles. The van der Waals surface area contributed by atoms with E-state index in [1.165, 1.54) is 0 Å². The number of piperidine rings is 1. The molecular formula is C17H30N2O4. The highest BCUT2D eigenvalue weighted by atomic mass is 16.6. The Morgan fingerprint density at radius 2 is 1.96 bits per heavy atom. The maximum absolute atomic E-state index is 12.3. The number of hydrogen-bond acceptors (Lipinski definition) is 4. The number of amides is 2. The number of carbonyl (C=O) groups is 2. The van der Waals surface area contributed by atoms with Crippen LogP contribution in [-0.4, -0.2) is 54.3 Å². The molecule has 2 aliphatic rings. The van der Waals surface area contributed by atoms with Crippen LogP contribution in [0.3, 0.4) is 0 Å². The molecule has 0 spiro atoms. The lowest BCUT2D eigenvalue weighted by Gasteiger charge is -2.33. The van der Waals surface area contributed by atoms with Gasteiger partial charge in [0.05, 0.1) is 5.60 Å². The number of likely N-dealkylation sites (tertiary alicyclic amines) is 1. The third kappa shape index (κ3) is 5.37. The van der Waals surface area contributed by atoms with E-state index in [1.807, 2.05) is 27.7 Å². The van der Waals surface area contributed by atoms with Crippen molar-refractivity contribution in [3.05, 3.63) is 0 Å². The third-order valence-electron chi connectivity index (χ3n) is 4.45. The fourth-order valence-corrected chi connectivity index (χ4v) is 3.05. The molecule has 0 bridgehead atoms. The molecule has 2 saturated heterocycles. The summed E-state index contributed by atoms with van der Waals surface area (Å²) in [6.45, 7) is 10.1. The van der Waals surface area contributed by atoms with Gasteiger partial charge in [-0.2, -0.15) is 0 Å². The molecule has 0 radical (unpaired) electrons. The van der Waals surface area contributed by atoms with Gasteiger partial charge in [-0.15, -0.1) is 0 Å². The zero-order chi connectivity index (χ0) is 17.1. The van der Waals surface area contributed by atoms with Gasteiger partial charge in [0.2, 0.25) is 5.91 Å². The molecule has 1 N–H and O–H groups in total. The predicted octanol–water partition coefficient (Wildman–Crippen LogP) is 2.32. The van der Waals surface area contributed by atoms with E-state index in [1.54, 1.807) is 4.90 Å². The Hall–Kier alpha value is -1.30. The molecule has 2 aliphatic heterocycles. The summed E-state index contributed by atoms with van der Waals surface area (Å²) in [4.78, 5) is 26.0. The van der Waals surface area contributed by atoms with Gasteiger partial charge >= 0.3 is 6.09 Å². The first-order chi connectivity index (χ1) is 10.7. The Bertz CT molecular complexity index is 430. The summed E-state index contributed by atoms with van der Waals surface area (Å²) >= 11 is 0. The Labute approximate surface area is 138 Å². The molecule has 132 valence electrons. The van der Waals surface area contributed by atoms with Gasteiger partial charge in [-0.25, -0.2) is 4.79 Å². The number of nitrogens with zero attached hydrogens (tertiary/aromatic N) is 1. The number of ether oxygens (including phenoxy) is 2. The van der Waals surface area contributed by atoms with E-state index in [0.717, 1.165) is 19.4 Å². The standard InChI is InChI=1S/C17H30N2O4/c1-16(2,3)23-15(21)19-9-6-13(7-10-19)14(20)18-12-17(4)8-5-11-22-17/h13H,5-12H2,1-4H3,(H,18,20)/t17-/m1/s1. The highest BCUT2D eigenvalue weighted by molar-refractivity contribution is 5.79. The first kappa shape index (κ1) is 18.0. The summed E-state index contributed by atoms with van der Waals surface area (Å²) in [7, 11) is 0. The molecule has 0 aliphatic carbocycles. The molecule has 6 nitrogen and oxygen atoms in total. The average molecular weight is 326 g/mol. The molecule has 0 aromatic rings. The summed E-state index contributed by atoms with van der Waals surface area (Å²) < 4.78 is 11.1. The molecule has 23 heavy (non-hydrogen) atoms. The maximum atomic E-state index is 12.3. The van der Waals surface area contributed by atoms with Crippen LogP contribution in [0, 0.1) is 5.92 Å². The Kier molecular flexibility index (Phi) is 5.55. The number of rotatable bonds is 3. The van der Waals surface area contributed by atoms with Crippen LogP contribution in [0.5, 0.6) is 0 Å². The Morgan fingerprint density at radius 1 is 1.30 bits per heavy atom. The zero-order valence-electron chi connectivity index (χ0n) is 14.8. The molecule has 1 atom stereocenters. The van der Waals surface area contributed by atoms with Crippen LogP contribution in [0.25, 0.3) is 0 Å². The summed E-state index contributed by atoms with van der Waals surface area (Å²) in [5.74, 6) is 0.0456. The molecule has 2 rings (SSSR count). The Balaban J connectivity index is 1.73. The highest BCUT2D eigenvalue weighted by Gasteiger charge is 2.33. The van der Waals surface area contributed by atoms with Gasteiger partial charge in [0.15, 0.2) is 0 Å². The minimum Gasteiger partial charge on any atom is -0.444 e. The number of nitrogens with one attached hydrogen (secondary N) is 1. The molecule has 2 amide bonds. The van der Waals surface area contributed by atoms with Gasteiger partial charge in [-0.05, 0) is 53.4 Å². The third-order valence-corrected chi connectivity index (χ3v) is 4.45. The van der Waals surface area contributed by atoms with E-state index < -0.39 is 5.60 Å². The molecule has 6 heteroatoms. The fourth-order valence-electron chi connectivity index (χ4n) is 3.05. The molecule has 0 saturated carbocycles. The van der Waals surface area contributed by atoms with Crippen molar-refractivity contribution in [1.82, 2.24) is 10.2 Å². The number of hydrogen-bond donors (Lipinski definition) is 1. The SMILES string of the molecule is CC(C)(C)OC(=O)N1CCC(C(=O)NC[C@@]2(C)CCCO2)CC1. The van der Waals surface area contributed by atoms with Gasteiger partial charge in [0.25, 0.3) is 0 Å². The lowest BCUT2D eigenvalue weighted by molar-refractivity contribution is -0.127. The van der Waals surface area contributed by atoms with Crippen molar-refractivity contribution in [1.29, 1.82) is 0 Å². The highest BCUT2D eigenvalue weighted by Crippen LogP contribution is 2.25. The first-order valence-corrected chi connectivity index (χ1v) is 8.58. The van der Waals surface area contributed by atoms with E-state index in [9.17, 15) is 9.59 Å². The number of carbonyl (C=O) groups excluding carboxylic acids is 2. The monoisotopic (exact) mass is 326 g/mol. The maximum Gasteiger partial charge on any atom is 0.410 e. The molecule has 0 aromatic carbocycles. The second-order valence-electron chi connectivity index (χ2n) is 7.86. The van der Waals surface area contributed by atoms with Gasteiger partial charge in [-0.1, -0.05) is 0 Å².